The van der Waals surface area contributed by atoms with E-state index in [0.29, 0.717) is 18.3 Å². The van der Waals surface area contributed by atoms with E-state index < -0.39 is 11.6 Å². The van der Waals surface area contributed by atoms with Crippen LogP contribution in [0.25, 0.3) is 0 Å². The number of aliphatic carboxylic acids is 1. The van der Waals surface area contributed by atoms with Crippen LogP contribution < -0.4 is 0 Å². The zero-order valence-electron chi connectivity index (χ0n) is 7.75. The lowest BCUT2D eigenvalue weighted by atomic mass is 9.58. The van der Waals surface area contributed by atoms with Gasteiger partial charge in [-0.1, -0.05) is 6.42 Å². The molecule has 0 aromatic heterocycles. The van der Waals surface area contributed by atoms with Gasteiger partial charge in [0.25, 0.3) is 0 Å². The Kier molecular flexibility index (Phi) is 1.88. The zero-order valence-corrected chi connectivity index (χ0v) is 7.75. The Hall–Kier alpha value is -0.570. The Morgan fingerprint density at radius 2 is 1.54 bits per heavy atom. The van der Waals surface area contributed by atoms with Crippen LogP contribution in [-0.4, -0.2) is 21.8 Å². The lowest BCUT2D eigenvalue weighted by Crippen LogP contribution is -2.47. The second-order valence-electron chi connectivity index (χ2n) is 4.69. The highest BCUT2D eigenvalue weighted by Gasteiger charge is 2.48. The number of carboxylic acid groups (broad SMARTS) is 1. The third-order valence-corrected chi connectivity index (χ3v) is 3.95. The summed E-state index contributed by atoms with van der Waals surface area (Å²) in [5.74, 6) is -1.04. The molecule has 0 radical (unpaired) electrons. The summed E-state index contributed by atoms with van der Waals surface area (Å²) in [5.41, 5.74) is -0.997. The Morgan fingerprint density at radius 1 is 1.00 bits per heavy atom. The first-order valence-corrected chi connectivity index (χ1v) is 5.02. The molecule has 74 valence electrons. The van der Waals surface area contributed by atoms with E-state index in [2.05, 4.69) is 0 Å². The third kappa shape index (κ3) is 1.35. The Bertz CT molecular complexity index is 220. The van der Waals surface area contributed by atoms with Crippen LogP contribution in [0, 0.1) is 5.41 Å². The highest BCUT2D eigenvalue weighted by molar-refractivity contribution is 5.77. The van der Waals surface area contributed by atoms with Crippen LogP contribution in [-0.2, 0) is 4.79 Å². The van der Waals surface area contributed by atoms with Gasteiger partial charge in [-0.15, -0.1) is 0 Å². The van der Waals surface area contributed by atoms with Gasteiger partial charge in [0.05, 0.1) is 0 Å². The van der Waals surface area contributed by atoms with Crippen molar-refractivity contribution in [3.63, 3.8) is 0 Å². The molecule has 13 heavy (non-hydrogen) atoms. The summed E-state index contributed by atoms with van der Waals surface area (Å²) in [6.45, 7) is 0. The van der Waals surface area contributed by atoms with Crippen molar-refractivity contribution in [2.24, 2.45) is 5.41 Å². The lowest BCUT2D eigenvalue weighted by Gasteiger charge is -2.48. The van der Waals surface area contributed by atoms with Gasteiger partial charge >= 0.3 is 5.97 Å². The average molecular weight is 184 g/mol. The molecule has 2 fully saturated rings. The lowest BCUT2D eigenvalue weighted by molar-refractivity contribution is -0.166. The highest BCUT2D eigenvalue weighted by atomic mass is 16.4. The van der Waals surface area contributed by atoms with Gasteiger partial charge in [-0.25, -0.2) is 4.79 Å². The van der Waals surface area contributed by atoms with Crippen LogP contribution in [0.5, 0.6) is 0 Å². The molecule has 0 heterocycles. The van der Waals surface area contributed by atoms with E-state index in [0.717, 1.165) is 12.8 Å². The van der Waals surface area contributed by atoms with E-state index in [-0.39, 0.29) is 0 Å². The van der Waals surface area contributed by atoms with E-state index in [1.165, 1.54) is 19.3 Å². The molecule has 2 aliphatic rings. The Morgan fingerprint density at radius 3 is 1.85 bits per heavy atom. The first-order valence-electron chi connectivity index (χ1n) is 5.02. The summed E-state index contributed by atoms with van der Waals surface area (Å²) in [6, 6.07) is 0. The van der Waals surface area contributed by atoms with Crippen molar-refractivity contribution >= 4 is 5.97 Å². The molecule has 0 aromatic rings. The molecule has 2 aliphatic carbocycles. The summed E-state index contributed by atoms with van der Waals surface area (Å²) in [7, 11) is 0. The fraction of sp³-hybridized carbons (Fsp3) is 0.900. The van der Waals surface area contributed by atoms with Crippen LogP contribution in [0.1, 0.15) is 44.9 Å². The second-order valence-corrected chi connectivity index (χ2v) is 4.69. The third-order valence-electron chi connectivity index (χ3n) is 3.95. The molecule has 0 bridgehead atoms. The minimum absolute atomic E-state index is 0.418. The molecule has 0 amide bonds. The molecule has 1 spiro atoms. The summed E-state index contributed by atoms with van der Waals surface area (Å²) in [6.07, 6.45) is 6.45. The van der Waals surface area contributed by atoms with E-state index in [1.807, 2.05) is 0 Å². The SMILES string of the molecule is O=C(O)C1(O)CCC2(CCC2)CC1. The van der Waals surface area contributed by atoms with Crippen molar-refractivity contribution in [2.75, 3.05) is 0 Å². The van der Waals surface area contributed by atoms with E-state index in [4.69, 9.17) is 5.11 Å². The smallest absolute Gasteiger partial charge is 0.335 e. The summed E-state index contributed by atoms with van der Waals surface area (Å²) in [4.78, 5) is 10.7. The number of carboxylic acids is 1. The molecular weight excluding hydrogens is 168 g/mol. The van der Waals surface area contributed by atoms with Gasteiger partial charge in [0.2, 0.25) is 0 Å². The van der Waals surface area contributed by atoms with Crippen LogP contribution in [0.4, 0.5) is 0 Å². The number of aliphatic hydroxyl groups is 1. The van der Waals surface area contributed by atoms with Crippen molar-refractivity contribution in [1.82, 2.24) is 0 Å². The fourth-order valence-corrected chi connectivity index (χ4v) is 2.58. The van der Waals surface area contributed by atoms with Crippen molar-refractivity contribution in [3.05, 3.63) is 0 Å². The van der Waals surface area contributed by atoms with Crippen molar-refractivity contribution in [3.8, 4) is 0 Å². The minimum Gasteiger partial charge on any atom is -0.479 e. The molecule has 0 aromatic carbocycles. The van der Waals surface area contributed by atoms with Crippen LogP contribution in [0.2, 0.25) is 0 Å². The quantitative estimate of drug-likeness (QED) is 0.650. The van der Waals surface area contributed by atoms with E-state index in [9.17, 15) is 9.90 Å². The largest absolute Gasteiger partial charge is 0.479 e. The summed E-state index contributed by atoms with van der Waals surface area (Å²) < 4.78 is 0. The summed E-state index contributed by atoms with van der Waals surface area (Å²) in [5, 5.41) is 18.5. The molecule has 0 aliphatic heterocycles. The van der Waals surface area contributed by atoms with Gasteiger partial charge in [-0.05, 0) is 43.9 Å². The molecule has 0 unspecified atom stereocenters. The van der Waals surface area contributed by atoms with Gasteiger partial charge in [-0.3, -0.25) is 0 Å². The van der Waals surface area contributed by atoms with Crippen molar-refractivity contribution in [1.29, 1.82) is 0 Å². The molecule has 0 saturated heterocycles. The minimum atomic E-state index is -1.42. The standard InChI is InChI=1S/C10H16O3/c11-8(12)10(13)6-4-9(5-7-10)2-1-3-9/h13H,1-7H2,(H,11,12). The van der Waals surface area contributed by atoms with Crippen LogP contribution in [0.3, 0.4) is 0 Å². The number of carbonyl (C=O) groups is 1. The molecule has 2 N–H and O–H groups in total. The highest BCUT2D eigenvalue weighted by Crippen LogP contribution is 2.53. The maximum atomic E-state index is 10.7. The maximum Gasteiger partial charge on any atom is 0.335 e. The molecule has 2 rings (SSSR count). The Balaban J connectivity index is 1.99. The van der Waals surface area contributed by atoms with Gasteiger partial charge in [0.15, 0.2) is 5.60 Å². The monoisotopic (exact) mass is 184 g/mol. The van der Waals surface area contributed by atoms with Crippen LogP contribution in [0.15, 0.2) is 0 Å². The van der Waals surface area contributed by atoms with Gasteiger partial charge in [0, 0.05) is 0 Å². The van der Waals surface area contributed by atoms with E-state index >= 15 is 0 Å². The zero-order chi connectivity index (χ0) is 9.53. The van der Waals surface area contributed by atoms with Gasteiger partial charge < -0.3 is 10.2 Å². The van der Waals surface area contributed by atoms with Gasteiger partial charge in [-0.2, -0.15) is 0 Å². The molecule has 0 atom stereocenters. The predicted molar refractivity (Wildman–Crippen MR) is 47.3 cm³/mol. The maximum absolute atomic E-state index is 10.7. The number of rotatable bonds is 1. The molecule has 2 saturated carbocycles. The molecular formula is C10H16O3. The van der Waals surface area contributed by atoms with Crippen molar-refractivity contribution < 1.29 is 15.0 Å². The average Bonchev–Trinajstić information content (AvgIpc) is 2.03. The summed E-state index contributed by atoms with van der Waals surface area (Å²) >= 11 is 0. The second kappa shape index (κ2) is 2.71. The molecule has 3 heteroatoms. The Labute approximate surface area is 77.8 Å². The van der Waals surface area contributed by atoms with Crippen LogP contribution >= 0.6 is 0 Å². The predicted octanol–water partition coefficient (Wildman–Crippen LogP) is 1.55. The topological polar surface area (TPSA) is 57.5 Å². The first-order chi connectivity index (χ1) is 6.06. The number of hydrogen-bond acceptors (Lipinski definition) is 2. The number of hydrogen-bond donors (Lipinski definition) is 2. The van der Waals surface area contributed by atoms with Crippen molar-refractivity contribution in [2.45, 2.75) is 50.5 Å². The molecule has 3 nitrogen and oxygen atoms in total. The van der Waals surface area contributed by atoms with Gasteiger partial charge in [0.1, 0.15) is 0 Å². The normalized spacial score (nSPS) is 29.6. The fourth-order valence-electron chi connectivity index (χ4n) is 2.58. The first kappa shape index (κ1) is 9.00. The van der Waals surface area contributed by atoms with E-state index in [1.54, 1.807) is 0 Å².